The third kappa shape index (κ3) is 7.80. The van der Waals surface area contributed by atoms with Gasteiger partial charge in [-0.3, -0.25) is 10.2 Å². The number of halogens is 1. The lowest BCUT2D eigenvalue weighted by Gasteiger charge is -2.51. The Hall–Kier alpha value is 0.0900. The molecule has 1 aliphatic heterocycles. The molecule has 0 aromatic carbocycles. The van der Waals surface area contributed by atoms with Crippen LogP contribution in [0.1, 0.15) is 99.3 Å². The van der Waals surface area contributed by atoms with Gasteiger partial charge in [-0.05, 0) is 100 Å². The Morgan fingerprint density at radius 3 is 2.14 bits per heavy atom. The summed E-state index contributed by atoms with van der Waals surface area (Å²) in [5, 5.41) is 28.4. The number of alkyl halides is 1. The van der Waals surface area contributed by atoms with Crippen LogP contribution in [0.25, 0.3) is 0 Å². The zero-order chi connectivity index (χ0) is 25.8. The Bertz CT molecular complexity index is 625. The molecule has 3 aliphatic rings. The van der Waals surface area contributed by atoms with Crippen molar-refractivity contribution >= 4 is 11.6 Å². The average molecular weight is 514 g/mol. The molecular formula is C29H56ClN3O2. The summed E-state index contributed by atoms with van der Waals surface area (Å²) in [6.07, 6.45) is 10.5. The first-order valence-electron chi connectivity index (χ1n) is 14.7. The van der Waals surface area contributed by atoms with Crippen LogP contribution < -0.4 is 10.6 Å². The number of nitrogens with zero attached hydrogens (tertiary/aromatic N) is 1. The van der Waals surface area contributed by atoms with Crippen LogP contribution in [0.2, 0.25) is 0 Å². The topological polar surface area (TPSA) is 67.8 Å². The molecular weight excluding hydrogens is 458 g/mol. The first-order valence-corrected chi connectivity index (χ1v) is 15.1. The van der Waals surface area contributed by atoms with Gasteiger partial charge in [0.05, 0.1) is 6.73 Å². The van der Waals surface area contributed by atoms with E-state index in [9.17, 15) is 10.2 Å². The van der Waals surface area contributed by atoms with Crippen LogP contribution >= 0.6 is 11.6 Å². The van der Waals surface area contributed by atoms with Gasteiger partial charge in [0.25, 0.3) is 0 Å². The van der Waals surface area contributed by atoms with Gasteiger partial charge in [0.1, 0.15) is 6.23 Å². The standard InChI is InChI=1S/C29H56ClN3O2/c1-19(2)27(32-21(4)24-9-7-8-23(16-24)20(3)31-18-34)28(35)33-15-14-26(29(5,6)17-33)22-10-12-25(30)13-11-22/h19-28,31-32,34-35H,7-18H2,1-6H3/t20?,21?,22?,23?,24?,25?,26-,27-,28?/m1/s1. The van der Waals surface area contributed by atoms with E-state index in [1.807, 2.05) is 0 Å². The normalized spacial score (nSPS) is 36.0. The van der Waals surface area contributed by atoms with Gasteiger partial charge >= 0.3 is 0 Å². The van der Waals surface area contributed by atoms with Crippen molar-refractivity contribution in [1.29, 1.82) is 0 Å². The minimum atomic E-state index is -0.453. The van der Waals surface area contributed by atoms with Gasteiger partial charge in [-0.25, -0.2) is 0 Å². The zero-order valence-electron chi connectivity index (χ0n) is 23.5. The molecule has 0 amide bonds. The zero-order valence-corrected chi connectivity index (χ0v) is 24.2. The third-order valence-corrected chi connectivity index (χ3v) is 10.5. The van der Waals surface area contributed by atoms with E-state index in [0.29, 0.717) is 35.2 Å². The van der Waals surface area contributed by atoms with Crippen LogP contribution in [-0.2, 0) is 0 Å². The Morgan fingerprint density at radius 1 is 0.943 bits per heavy atom. The SMILES string of the molecule is CC(NCO)C1CCCC(C(C)N[C@H](C(C)C)C(O)N2CC[C@H](C3CCC(Cl)CC3)C(C)(C)C2)C1. The fraction of sp³-hybridized carbons (Fsp3) is 1.00. The number of aliphatic hydroxyl groups is 2. The summed E-state index contributed by atoms with van der Waals surface area (Å²) < 4.78 is 0. The van der Waals surface area contributed by atoms with Gasteiger partial charge in [-0.15, -0.1) is 11.6 Å². The van der Waals surface area contributed by atoms with Crippen molar-refractivity contribution in [2.75, 3.05) is 19.8 Å². The van der Waals surface area contributed by atoms with Crippen molar-refractivity contribution in [1.82, 2.24) is 15.5 Å². The lowest BCUT2D eigenvalue weighted by molar-refractivity contribution is -0.0967. The molecule has 5 unspecified atom stereocenters. The molecule has 0 spiro atoms. The van der Waals surface area contributed by atoms with E-state index >= 15 is 0 Å². The number of nitrogens with one attached hydrogen (secondary N) is 2. The molecule has 35 heavy (non-hydrogen) atoms. The summed E-state index contributed by atoms with van der Waals surface area (Å²) in [4.78, 5) is 2.37. The third-order valence-electron chi connectivity index (χ3n) is 10.1. The monoisotopic (exact) mass is 513 g/mol. The van der Waals surface area contributed by atoms with E-state index in [1.165, 1.54) is 57.8 Å². The highest BCUT2D eigenvalue weighted by Crippen LogP contribution is 2.46. The van der Waals surface area contributed by atoms with E-state index in [0.717, 1.165) is 24.9 Å². The van der Waals surface area contributed by atoms with Crippen LogP contribution in [0, 0.1) is 35.0 Å². The van der Waals surface area contributed by atoms with E-state index in [1.54, 1.807) is 0 Å². The van der Waals surface area contributed by atoms with Gasteiger partial charge in [-0.1, -0.05) is 34.1 Å². The molecule has 0 radical (unpaired) electrons. The van der Waals surface area contributed by atoms with Crippen molar-refractivity contribution in [3.63, 3.8) is 0 Å². The maximum atomic E-state index is 11.6. The lowest BCUT2D eigenvalue weighted by atomic mass is 9.64. The molecule has 3 fully saturated rings. The van der Waals surface area contributed by atoms with Gasteiger partial charge in [0, 0.05) is 36.6 Å². The van der Waals surface area contributed by atoms with Gasteiger partial charge < -0.3 is 15.5 Å². The Kier molecular flexibility index (Phi) is 11.2. The number of piperidine rings is 1. The number of hydrogen-bond donors (Lipinski definition) is 4. The van der Waals surface area contributed by atoms with Crippen LogP contribution in [0.3, 0.4) is 0 Å². The van der Waals surface area contributed by atoms with Gasteiger partial charge in [-0.2, -0.15) is 0 Å². The molecule has 4 N–H and O–H groups in total. The van der Waals surface area contributed by atoms with Crippen LogP contribution in [0.5, 0.6) is 0 Å². The van der Waals surface area contributed by atoms with E-state index in [4.69, 9.17) is 11.6 Å². The molecule has 7 atom stereocenters. The first-order chi connectivity index (χ1) is 16.5. The second-order valence-electron chi connectivity index (χ2n) is 13.3. The highest BCUT2D eigenvalue weighted by Gasteiger charge is 2.44. The summed E-state index contributed by atoms with van der Waals surface area (Å²) in [7, 11) is 0. The predicted molar refractivity (Wildman–Crippen MR) is 147 cm³/mol. The molecule has 1 saturated heterocycles. The molecule has 3 rings (SSSR count). The summed E-state index contributed by atoms with van der Waals surface area (Å²) in [5.74, 6) is 3.11. The largest absolute Gasteiger partial charge is 0.381 e. The average Bonchev–Trinajstić information content (AvgIpc) is 2.82. The number of hydrogen-bond acceptors (Lipinski definition) is 5. The molecule has 0 aromatic rings. The Morgan fingerprint density at radius 2 is 1.57 bits per heavy atom. The first kappa shape index (κ1) is 29.6. The van der Waals surface area contributed by atoms with Crippen molar-refractivity contribution in [2.24, 2.45) is 35.0 Å². The minimum absolute atomic E-state index is 0.0543. The number of likely N-dealkylation sites (tertiary alicyclic amines) is 1. The molecule has 2 saturated carbocycles. The molecule has 5 nitrogen and oxygen atoms in total. The smallest absolute Gasteiger partial charge is 0.123 e. The summed E-state index contributed by atoms with van der Waals surface area (Å²) in [6.45, 7) is 15.9. The quantitative estimate of drug-likeness (QED) is 0.239. The minimum Gasteiger partial charge on any atom is -0.381 e. The highest BCUT2D eigenvalue weighted by molar-refractivity contribution is 6.20. The molecule has 0 aromatic heterocycles. The van der Waals surface area contributed by atoms with E-state index in [-0.39, 0.29) is 18.2 Å². The molecule has 6 heteroatoms. The van der Waals surface area contributed by atoms with Crippen LogP contribution in [0.15, 0.2) is 0 Å². The maximum Gasteiger partial charge on any atom is 0.123 e. The van der Waals surface area contributed by atoms with Crippen molar-refractivity contribution < 1.29 is 10.2 Å². The molecule has 1 heterocycles. The Labute approximate surface area is 221 Å². The fourth-order valence-electron chi connectivity index (χ4n) is 7.77. The number of rotatable bonds is 10. The van der Waals surface area contributed by atoms with Crippen molar-refractivity contribution in [2.45, 2.75) is 129 Å². The second kappa shape index (κ2) is 13.2. The molecule has 206 valence electrons. The van der Waals surface area contributed by atoms with Crippen LogP contribution in [-0.4, -0.2) is 64.7 Å². The fourth-order valence-corrected chi connectivity index (χ4v) is 8.02. The summed E-state index contributed by atoms with van der Waals surface area (Å²) >= 11 is 6.39. The lowest BCUT2D eigenvalue weighted by Crippen LogP contribution is -2.60. The maximum absolute atomic E-state index is 11.6. The summed E-state index contributed by atoms with van der Waals surface area (Å²) in [5.41, 5.74) is 0.211. The van der Waals surface area contributed by atoms with Gasteiger partial charge in [0.15, 0.2) is 0 Å². The van der Waals surface area contributed by atoms with E-state index in [2.05, 4.69) is 57.1 Å². The van der Waals surface area contributed by atoms with Crippen LogP contribution in [0.4, 0.5) is 0 Å². The molecule has 2 aliphatic carbocycles. The van der Waals surface area contributed by atoms with Crippen molar-refractivity contribution in [3.8, 4) is 0 Å². The van der Waals surface area contributed by atoms with Gasteiger partial charge in [0.2, 0.25) is 0 Å². The van der Waals surface area contributed by atoms with Crippen molar-refractivity contribution in [3.05, 3.63) is 0 Å². The second-order valence-corrected chi connectivity index (χ2v) is 14.0. The number of aliphatic hydroxyl groups excluding tert-OH is 2. The highest BCUT2D eigenvalue weighted by atomic mass is 35.5. The summed E-state index contributed by atoms with van der Waals surface area (Å²) in [6, 6.07) is 0.791. The molecule has 0 bridgehead atoms. The van der Waals surface area contributed by atoms with E-state index < -0.39 is 6.23 Å². The Balaban J connectivity index is 1.58. The predicted octanol–water partition coefficient (Wildman–Crippen LogP) is 5.19.